The van der Waals surface area contributed by atoms with Crippen LogP contribution in [0.4, 0.5) is 0 Å². The fourth-order valence-corrected chi connectivity index (χ4v) is 5.24. The monoisotopic (exact) mass is 644 g/mol. The second-order valence-electron chi connectivity index (χ2n) is 11.5. The number of phenolic OH excluding ortho intramolecular Hbond substituents is 1. The average Bonchev–Trinajstić information content (AvgIpc) is 3.08. The number of hydrogen-bond donors (Lipinski definition) is 4. The van der Waals surface area contributed by atoms with Gasteiger partial charge in [0.2, 0.25) is 17.7 Å². The molecular formula is C36H44N4O7. The number of rotatable bonds is 7. The van der Waals surface area contributed by atoms with E-state index in [-0.39, 0.29) is 44.1 Å². The number of benzene rings is 3. The van der Waals surface area contributed by atoms with Crippen molar-refractivity contribution in [3.05, 3.63) is 90.0 Å². The van der Waals surface area contributed by atoms with Gasteiger partial charge in [0.1, 0.15) is 35.9 Å². The molecule has 0 aromatic heterocycles. The highest BCUT2D eigenvalue weighted by molar-refractivity contribution is 5.99. The Labute approximate surface area is 275 Å². The molecule has 1 heterocycles. The minimum atomic E-state index is -1.05. The van der Waals surface area contributed by atoms with Crippen LogP contribution < -0.4 is 25.4 Å². The maximum atomic E-state index is 13.5. The van der Waals surface area contributed by atoms with E-state index in [1.165, 1.54) is 12.1 Å². The van der Waals surface area contributed by atoms with Crippen LogP contribution in [0.1, 0.15) is 54.4 Å². The first-order chi connectivity index (χ1) is 22.8. The molecule has 4 N–H and O–H groups in total. The van der Waals surface area contributed by atoms with E-state index in [4.69, 9.17) is 9.47 Å². The average molecular weight is 645 g/mol. The predicted molar refractivity (Wildman–Crippen MR) is 177 cm³/mol. The van der Waals surface area contributed by atoms with Gasteiger partial charge in [-0.25, -0.2) is 0 Å². The summed E-state index contributed by atoms with van der Waals surface area (Å²) in [7, 11) is 1.72. The van der Waals surface area contributed by atoms with E-state index in [1.54, 1.807) is 48.3 Å². The van der Waals surface area contributed by atoms with Crippen LogP contribution in [0, 0.1) is 0 Å². The third-order valence-electron chi connectivity index (χ3n) is 7.86. The summed E-state index contributed by atoms with van der Waals surface area (Å²) in [4.78, 5) is 55.2. The normalized spacial score (nSPS) is 18.7. The second kappa shape index (κ2) is 18.2. The van der Waals surface area contributed by atoms with Gasteiger partial charge in [-0.15, -0.1) is 0 Å². The Bertz CT molecular complexity index is 1470. The van der Waals surface area contributed by atoms with E-state index in [0.29, 0.717) is 30.2 Å². The van der Waals surface area contributed by atoms with Gasteiger partial charge >= 0.3 is 0 Å². The van der Waals surface area contributed by atoms with Crippen LogP contribution in [0.15, 0.2) is 78.9 Å². The summed E-state index contributed by atoms with van der Waals surface area (Å²) in [6, 6.07) is 20.6. The number of hydrogen-bond acceptors (Lipinski definition) is 7. The van der Waals surface area contributed by atoms with Gasteiger partial charge in [0, 0.05) is 26.4 Å². The lowest BCUT2D eigenvalue weighted by Crippen LogP contribution is -2.50. The first-order valence-corrected chi connectivity index (χ1v) is 16.1. The highest BCUT2D eigenvalue weighted by atomic mass is 16.5. The number of amides is 4. The summed E-state index contributed by atoms with van der Waals surface area (Å²) >= 11 is 0. The van der Waals surface area contributed by atoms with Gasteiger partial charge in [-0.1, -0.05) is 55.3 Å². The lowest BCUT2D eigenvalue weighted by atomic mass is 10.0. The van der Waals surface area contributed by atoms with Crippen LogP contribution >= 0.6 is 0 Å². The van der Waals surface area contributed by atoms with Gasteiger partial charge < -0.3 is 35.4 Å². The predicted octanol–water partition coefficient (Wildman–Crippen LogP) is 3.60. The third kappa shape index (κ3) is 11.4. The maximum Gasteiger partial charge on any atom is 0.255 e. The van der Waals surface area contributed by atoms with Crippen molar-refractivity contribution < 1.29 is 33.8 Å². The molecular weight excluding hydrogens is 600 g/mol. The van der Waals surface area contributed by atoms with Crippen LogP contribution in [0.5, 0.6) is 17.2 Å². The molecule has 0 saturated heterocycles. The van der Waals surface area contributed by atoms with Gasteiger partial charge in [0.05, 0.1) is 18.7 Å². The highest BCUT2D eigenvalue weighted by Crippen LogP contribution is 2.20. The molecule has 0 radical (unpaired) electrons. The minimum Gasteiger partial charge on any atom is -0.508 e. The largest absolute Gasteiger partial charge is 0.508 e. The Kier molecular flexibility index (Phi) is 13.5. The van der Waals surface area contributed by atoms with E-state index >= 15 is 0 Å². The molecule has 11 nitrogen and oxygen atoms in total. The van der Waals surface area contributed by atoms with Crippen molar-refractivity contribution in [2.75, 3.05) is 33.4 Å². The van der Waals surface area contributed by atoms with Crippen LogP contribution in [-0.2, 0) is 20.8 Å². The van der Waals surface area contributed by atoms with E-state index in [9.17, 15) is 24.3 Å². The van der Waals surface area contributed by atoms with Crippen molar-refractivity contribution in [1.29, 1.82) is 0 Å². The number of nitrogens with zero attached hydrogens (tertiary/aromatic N) is 1. The fraction of sp³-hybridized carbons (Fsp3) is 0.389. The zero-order valence-corrected chi connectivity index (χ0v) is 26.8. The molecule has 1 aliphatic rings. The van der Waals surface area contributed by atoms with Crippen molar-refractivity contribution in [3.8, 4) is 17.2 Å². The van der Waals surface area contributed by atoms with Crippen molar-refractivity contribution in [1.82, 2.24) is 20.9 Å². The SMILES string of the molecule is CN1CCCCCCOc2ccccc2C(=O)N[C@H](C(=O)NCCOc2ccccc2)CCC(=O)N[C@@H](Cc2ccc(O)cc2)C1=O. The van der Waals surface area contributed by atoms with Crippen LogP contribution in [0.2, 0.25) is 0 Å². The summed E-state index contributed by atoms with van der Waals surface area (Å²) in [5, 5.41) is 18.1. The van der Waals surface area contributed by atoms with Gasteiger partial charge in [0.15, 0.2) is 0 Å². The second-order valence-corrected chi connectivity index (χ2v) is 11.5. The first kappa shape index (κ1) is 34.8. The number of nitrogens with one attached hydrogen (secondary N) is 3. The molecule has 0 aliphatic carbocycles. The van der Waals surface area contributed by atoms with Crippen LogP contribution in [-0.4, -0.2) is 79.1 Å². The van der Waals surface area contributed by atoms with Crippen LogP contribution in [0.3, 0.4) is 0 Å². The number of carbonyl (C=O) groups is 4. The topological polar surface area (TPSA) is 146 Å². The molecule has 0 unspecified atom stereocenters. The summed E-state index contributed by atoms with van der Waals surface area (Å²) in [6.07, 6.45) is 3.40. The zero-order chi connectivity index (χ0) is 33.4. The van der Waals surface area contributed by atoms with Gasteiger partial charge in [-0.2, -0.15) is 0 Å². The smallest absolute Gasteiger partial charge is 0.255 e. The Morgan fingerprint density at radius 3 is 2.45 bits per heavy atom. The Balaban J connectivity index is 1.50. The zero-order valence-electron chi connectivity index (χ0n) is 26.8. The lowest BCUT2D eigenvalue weighted by Gasteiger charge is -2.25. The van der Waals surface area contributed by atoms with E-state index < -0.39 is 29.8 Å². The molecule has 250 valence electrons. The molecule has 0 spiro atoms. The summed E-state index contributed by atoms with van der Waals surface area (Å²) in [5.74, 6) is -0.450. The minimum absolute atomic E-state index is 0.0120. The van der Waals surface area contributed by atoms with Gasteiger partial charge in [0.25, 0.3) is 5.91 Å². The maximum absolute atomic E-state index is 13.5. The van der Waals surface area contributed by atoms with Crippen LogP contribution in [0.25, 0.3) is 0 Å². The number of likely N-dealkylation sites (N-methyl/N-ethyl adjacent to an activating group) is 1. The van der Waals surface area contributed by atoms with Crippen molar-refractivity contribution in [3.63, 3.8) is 0 Å². The molecule has 4 amide bonds. The Morgan fingerprint density at radius 2 is 1.66 bits per heavy atom. The van der Waals surface area contributed by atoms with Gasteiger partial charge in [-0.3, -0.25) is 19.2 Å². The fourth-order valence-electron chi connectivity index (χ4n) is 5.24. The Morgan fingerprint density at radius 1 is 0.936 bits per heavy atom. The first-order valence-electron chi connectivity index (χ1n) is 16.1. The molecule has 2 atom stereocenters. The van der Waals surface area contributed by atoms with Gasteiger partial charge in [-0.05, 0) is 61.2 Å². The molecule has 3 aromatic carbocycles. The van der Waals surface area contributed by atoms with E-state index in [1.807, 2.05) is 30.3 Å². The molecule has 0 fully saturated rings. The number of carbonyl (C=O) groups excluding carboxylic acids is 4. The molecule has 3 aromatic rings. The molecule has 11 heteroatoms. The lowest BCUT2D eigenvalue weighted by molar-refractivity contribution is -0.135. The summed E-state index contributed by atoms with van der Waals surface area (Å²) < 4.78 is 11.6. The van der Waals surface area contributed by atoms with Crippen molar-refractivity contribution in [2.24, 2.45) is 0 Å². The standard InChI is InChI=1S/C36H44N4O7/c1-40-22-9-2-3-10-23-47-32-14-8-7-13-29(32)34(43)39-30(35(44)37-21-24-46-28-11-5-4-6-12-28)19-20-33(42)38-31(36(40)45)25-26-15-17-27(41)18-16-26/h4-8,11-18,30-31,41H,2-3,9-10,19-25H2,1H3,(H,37,44)(H,38,42)(H,39,43)/t30-,31-/m0/s1. The van der Waals surface area contributed by atoms with Crippen molar-refractivity contribution in [2.45, 2.75) is 57.0 Å². The number of aromatic hydroxyl groups is 1. The number of ether oxygens (including phenoxy) is 2. The van der Waals surface area contributed by atoms with E-state index in [2.05, 4.69) is 16.0 Å². The quantitative estimate of drug-likeness (QED) is 0.288. The molecule has 47 heavy (non-hydrogen) atoms. The van der Waals surface area contributed by atoms with Crippen molar-refractivity contribution >= 4 is 23.6 Å². The molecule has 0 saturated carbocycles. The number of para-hydroxylation sites is 2. The highest BCUT2D eigenvalue weighted by Gasteiger charge is 2.27. The number of fused-ring (bicyclic) bond motifs is 1. The molecule has 0 bridgehead atoms. The Hall–Kier alpha value is -5.06. The van der Waals surface area contributed by atoms with E-state index in [0.717, 1.165) is 31.2 Å². The molecule has 1 aliphatic heterocycles. The molecule has 4 rings (SSSR count). The summed E-state index contributed by atoms with van der Waals surface area (Å²) in [5.41, 5.74) is 1.07. The summed E-state index contributed by atoms with van der Waals surface area (Å²) in [6.45, 7) is 1.33. The third-order valence-corrected chi connectivity index (χ3v) is 7.86. The number of phenols is 1.